The van der Waals surface area contributed by atoms with E-state index >= 15 is 0 Å². The van der Waals surface area contributed by atoms with Gasteiger partial charge < -0.3 is 14.8 Å². The first-order valence-electron chi connectivity index (χ1n) is 7.34. The second kappa shape index (κ2) is 6.10. The van der Waals surface area contributed by atoms with Gasteiger partial charge in [0.2, 0.25) is 0 Å². The summed E-state index contributed by atoms with van der Waals surface area (Å²) in [5.41, 5.74) is 3.01. The molecule has 1 N–H and O–H groups in total. The summed E-state index contributed by atoms with van der Waals surface area (Å²) in [4.78, 5) is 12.6. The summed E-state index contributed by atoms with van der Waals surface area (Å²) in [6.07, 6.45) is 1.92. The molecule has 3 rings (SSSR count). The van der Waals surface area contributed by atoms with E-state index in [4.69, 9.17) is 9.47 Å². The van der Waals surface area contributed by atoms with Gasteiger partial charge in [-0.3, -0.25) is 4.79 Å². The first-order valence-corrected chi connectivity index (χ1v) is 7.34. The van der Waals surface area contributed by atoms with Crippen LogP contribution < -0.4 is 14.8 Å². The lowest BCUT2D eigenvalue weighted by molar-refractivity contribution is 0.0933. The Morgan fingerprint density at radius 1 is 1.09 bits per heavy atom. The zero-order valence-electron chi connectivity index (χ0n) is 12.8. The summed E-state index contributed by atoms with van der Waals surface area (Å²) in [6, 6.07) is 13.6. The van der Waals surface area contributed by atoms with Crippen LogP contribution in [0.15, 0.2) is 42.5 Å². The number of ether oxygens (including phenoxy) is 2. The van der Waals surface area contributed by atoms with Gasteiger partial charge in [0.15, 0.2) is 11.5 Å². The van der Waals surface area contributed by atoms with Crippen molar-refractivity contribution in [1.29, 1.82) is 0 Å². The minimum absolute atomic E-state index is 0.0552. The standard InChI is InChI=1S/C18H19NO3/c1-21-16-9-5-8-14(17(16)22-2)18(20)19-15-11-10-12-6-3-4-7-13(12)15/h3-9,15H,10-11H2,1-2H3,(H,19,20). The van der Waals surface area contributed by atoms with Crippen molar-refractivity contribution >= 4 is 5.91 Å². The molecule has 114 valence electrons. The minimum atomic E-state index is -0.141. The predicted molar refractivity (Wildman–Crippen MR) is 84.5 cm³/mol. The third-order valence-electron chi connectivity index (χ3n) is 4.09. The number of methoxy groups -OCH3 is 2. The molecular weight excluding hydrogens is 278 g/mol. The van der Waals surface area contributed by atoms with Gasteiger partial charge in [0.05, 0.1) is 25.8 Å². The van der Waals surface area contributed by atoms with E-state index in [9.17, 15) is 4.79 Å². The highest BCUT2D eigenvalue weighted by atomic mass is 16.5. The molecule has 2 aromatic rings. The molecule has 1 atom stereocenters. The molecule has 4 nitrogen and oxygen atoms in total. The number of fused-ring (bicyclic) bond motifs is 1. The van der Waals surface area contributed by atoms with Gasteiger partial charge in [0.25, 0.3) is 5.91 Å². The number of hydrogen-bond acceptors (Lipinski definition) is 3. The Morgan fingerprint density at radius 2 is 1.91 bits per heavy atom. The molecule has 0 saturated heterocycles. The lowest BCUT2D eigenvalue weighted by Crippen LogP contribution is -2.27. The van der Waals surface area contributed by atoms with E-state index in [0.717, 1.165) is 12.8 Å². The van der Waals surface area contributed by atoms with E-state index < -0.39 is 0 Å². The summed E-state index contributed by atoms with van der Waals surface area (Å²) < 4.78 is 10.6. The van der Waals surface area contributed by atoms with Crippen molar-refractivity contribution in [3.05, 3.63) is 59.2 Å². The molecule has 1 aliphatic carbocycles. The number of nitrogens with one attached hydrogen (secondary N) is 1. The molecule has 0 aliphatic heterocycles. The Bertz CT molecular complexity index is 696. The predicted octanol–water partition coefficient (Wildman–Crippen LogP) is 3.12. The quantitative estimate of drug-likeness (QED) is 0.943. The highest BCUT2D eigenvalue weighted by molar-refractivity contribution is 5.98. The zero-order chi connectivity index (χ0) is 15.5. The largest absolute Gasteiger partial charge is 0.493 e. The summed E-state index contributed by atoms with van der Waals surface area (Å²) >= 11 is 0. The Balaban J connectivity index is 1.84. The van der Waals surface area contributed by atoms with Crippen LogP contribution in [0.1, 0.15) is 33.9 Å². The van der Waals surface area contributed by atoms with Gasteiger partial charge in [0.1, 0.15) is 0 Å². The second-order valence-corrected chi connectivity index (χ2v) is 5.30. The SMILES string of the molecule is COc1cccc(C(=O)NC2CCc3ccccc32)c1OC. The monoisotopic (exact) mass is 297 g/mol. The summed E-state index contributed by atoms with van der Waals surface area (Å²) in [5, 5.41) is 3.10. The summed E-state index contributed by atoms with van der Waals surface area (Å²) in [6.45, 7) is 0. The fourth-order valence-electron chi connectivity index (χ4n) is 3.01. The maximum absolute atomic E-state index is 12.6. The van der Waals surface area contributed by atoms with E-state index in [-0.39, 0.29) is 11.9 Å². The average Bonchev–Trinajstić information content (AvgIpc) is 2.97. The lowest BCUT2D eigenvalue weighted by atomic mass is 10.1. The van der Waals surface area contributed by atoms with Gasteiger partial charge >= 0.3 is 0 Å². The van der Waals surface area contributed by atoms with Crippen molar-refractivity contribution in [1.82, 2.24) is 5.32 Å². The number of para-hydroxylation sites is 1. The molecule has 1 unspecified atom stereocenters. The van der Waals surface area contributed by atoms with Gasteiger partial charge in [-0.25, -0.2) is 0 Å². The Kier molecular flexibility index (Phi) is 4.00. The van der Waals surface area contributed by atoms with Gasteiger partial charge in [-0.1, -0.05) is 30.3 Å². The topological polar surface area (TPSA) is 47.6 Å². The van der Waals surface area contributed by atoms with E-state index in [0.29, 0.717) is 17.1 Å². The van der Waals surface area contributed by atoms with E-state index in [2.05, 4.69) is 17.4 Å². The van der Waals surface area contributed by atoms with Crippen LogP contribution in [0.5, 0.6) is 11.5 Å². The first-order chi connectivity index (χ1) is 10.7. The Labute approximate surface area is 130 Å². The van der Waals surface area contributed by atoms with Crippen molar-refractivity contribution in [2.75, 3.05) is 14.2 Å². The number of carbonyl (C=O) groups excluding carboxylic acids is 1. The average molecular weight is 297 g/mol. The van der Waals surface area contributed by atoms with Crippen molar-refractivity contribution in [3.63, 3.8) is 0 Å². The van der Waals surface area contributed by atoms with Crippen LogP contribution in [0, 0.1) is 0 Å². The first kappa shape index (κ1) is 14.4. The normalized spacial score (nSPS) is 16.0. The number of benzene rings is 2. The fraction of sp³-hybridized carbons (Fsp3) is 0.278. The second-order valence-electron chi connectivity index (χ2n) is 5.30. The molecule has 0 saturated carbocycles. The van der Waals surface area contributed by atoms with Gasteiger partial charge in [-0.05, 0) is 36.1 Å². The van der Waals surface area contributed by atoms with E-state index in [1.807, 2.05) is 12.1 Å². The fourth-order valence-corrected chi connectivity index (χ4v) is 3.01. The molecule has 0 radical (unpaired) electrons. The lowest BCUT2D eigenvalue weighted by Gasteiger charge is -2.16. The minimum Gasteiger partial charge on any atom is -0.493 e. The van der Waals surface area contributed by atoms with Crippen LogP contribution in [0.3, 0.4) is 0 Å². The van der Waals surface area contributed by atoms with E-state index in [1.54, 1.807) is 32.4 Å². The maximum atomic E-state index is 12.6. The zero-order valence-corrected chi connectivity index (χ0v) is 12.8. The maximum Gasteiger partial charge on any atom is 0.255 e. The van der Waals surface area contributed by atoms with Crippen molar-refractivity contribution < 1.29 is 14.3 Å². The smallest absolute Gasteiger partial charge is 0.255 e. The van der Waals surface area contributed by atoms with Crippen molar-refractivity contribution in [2.24, 2.45) is 0 Å². The number of aryl methyl sites for hydroxylation is 1. The Hall–Kier alpha value is -2.49. The van der Waals surface area contributed by atoms with Crippen molar-refractivity contribution in [3.8, 4) is 11.5 Å². The van der Waals surface area contributed by atoms with E-state index in [1.165, 1.54) is 11.1 Å². The van der Waals surface area contributed by atoms with Crippen LogP contribution in [-0.4, -0.2) is 20.1 Å². The molecule has 22 heavy (non-hydrogen) atoms. The van der Waals surface area contributed by atoms with Crippen LogP contribution >= 0.6 is 0 Å². The molecule has 0 aromatic heterocycles. The third-order valence-corrected chi connectivity index (χ3v) is 4.09. The number of rotatable bonds is 4. The molecule has 1 aliphatic rings. The van der Waals surface area contributed by atoms with Gasteiger partial charge in [-0.15, -0.1) is 0 Å². The molecule has 0 bridgehead atoms. The summed E-state index contributed by atoms with van der Waals surface area (Å²) in [7, 11) is 3.10. The van der Waals surface area contributed by atoms with Gasteiger partial charge in [-0.2, -0.15) is 0 Å². The number of amides is 1. The highest BCUT2D eigenvalue weighted by Gasteiger charge is 2.25. The summed E-state index contributed by atoms with van der Waals surface area (Å²) in [5.74, 6) is 0.883. The number of hydrogen-bond donors (Lipinski definition) is 1. The Morgan fingerprint density at radius 3 is 2.68 bits per heavy atom. The highest BCUT2D eigenvalue weighted by Crippen LogP contribution is 2.33. The molecular formula is C18H19NO3. The molecule has 4 heteroatoms. The van der Waals surface area contributed by atoms with Crippen LogP contribution in [-0.2, 0) is 6.42 Å². The van der Waals surface area contributed by atoms with Crippen LogP contribution in [0.25, 0.3) is 0 Å². The number of carbonyl (C=O) groups is 1. The third kappa shape index (κ3) is 2.52. The molecule has 2 aromatic carbocycles. The van der Waals surface area contributed by atoms with Crippen LogP contribution in [0.4, 0.5) is 0 Å². The molecule has 0 spiro atoms. The van der Waals surface area contributed by atoms with Crippen molar-refractivity contribution in [2.45, 2.75) is 18.9 Å². The van der Waals surface area contributed by atoms with Gasteiger partial charge in [0, 0.05) is 0 Å². The molecule has 0 fully saturated rings. The molecule has 0 heterocycles. The molecule has 1 amide bonds. The van der Waals surface area contributed by atoms with Crippen LogP contribution in [0.2, 0.25) is 0 Å².